The molecule has 3 nitrogen and oxygen atoms in total. The Morgan fingerprint density at radius 3 is 2.80 bits per heavy atom. The summed E-state index contributed by atoms with van der Waals surface area (Å²) in [4.78, 5) is 11.7. The normalized spacial score (nSPS) is 48.3. The zero-order valence-electron chi connectivity index (χ0n) is 12.6. The molecule has 0 aromatic rings. The van der Waals surface area contributed by atoms with Gasteiger partial charge in [0.1, 0.15) is 0 Å². The van der Waals surface area contributed by atoms with Gasteiger partial charge in [-0.15, -0.1) is 0 Å². The molecule has 0 saturated heterocycles. The van der Waals surface area contributed by atoms with Crippen LogP contribution in [-0.2, 0) is 4.79 Å². The van der Waals surface area contributed by atoms with E-state index in [4.69, 9.17) is 0 Å². The van der Waals surface area contributed by atoms with Gasteiger partial charge in [0.05, 0.1) is 6.10 Å². The zero-order chi connectivity index (χ0) is 14.5. The second-order valence-corrected chi connectivity index (χ2v) is 7.68. The third-order valence-corrected chi connectivity index (χ3v) is 6.51. The maximum Gasteiger partial charge on any atom is 0.155 e. The highest BCUT2D eigenvalue weighted by molar-refractivity contribution is 5.91. The summed E-state index contributed by atoms with van der Waals surface area (Å²) in [6.07, 6.45) is 6.73. The molecule has 1 unspecified atom stereocenters. The monoisotopic (exact) mass is 278 g/mol. The van der Waals surface area contributed by atoms with Gasteiger partial charge in [0.2, 0.25) is 0 Å². The fraction of sp³-hybridized carbons (Fsp3) is 0.824. The summed E-state index contributed by atoms with van der Waals surface area (Å²) in [6.45, 7) is 4.69. The van der Waals surface area contributed by atoms with Crippen molar-refractivity contribution in [3.8, 4) is 0 Å². The first kappa shape index (κ1) is 14.3. The zero-order valence-corrected chi connectivity index (χ0v) is 12.6. The molecule has 0 aromatic carbocycles. The Balaban J connectivity index is 2.03. The number of carbonyl (C=O) groups is 1. The van der Waals surface area contributed by atoms with Crippen molar-refractivity contribution in [2.45, 2.75) is 58.5 Å². The fourth-order valence-corrected chi connectivity index (χ4v) is 5.39. The van der Waals surface area contributed by atoms with Crippen LogP contribution in [0.3, 0.4) is 0 Å². The molecule has 2 fully saturated rings. The molecular weight excluding hydrogens is 252 g/mol. The molecule has 3 heteroatoms. The SMILES string of the molecule is C[C@@]1(CO)CCC[C@]2(C)C3CCC(=O)C=C3[C@H](O)C[C@@H]12. The topological polar surface area (TPSA) is 57.5 Å². The van der Waals surface area contributed by atoms with Crippen molar-refractivity contribution in [1.82, 2.24) is 0 Å². The van der Waals surface area contributed by atoms with E-state index >= 15 is 0 Å². The molecule has 3 rings (SSSR count). The van der Waals surface area contributed by atoms with Gasteiger partial charge in [0.25, 0.3) is 0 Å². The maximum atomic E-state index is 11.7. The fourth-order valence-electron chi connectivity index (χ4n) is 5.39. The Morgan fingerprint density at radius 2 is 2.10 bits per heavy atom. The lowest BCUT2D eigenvalue weighted by Gasteiger charge is -2.60. The average Bonchev–Trinajstić information content (AvgIpc) is 2.42. The van der Waals surface area contributed by atoms with Gasteiger partial charge in [-0.1, -0.05) is 20.3 Å². The summed E-state index contributed by atoms with van der Waals surface area (Å²) in [7, 11) is 0. The number of carbonyl (C=O) groups excluding carboxylic acids is 1. The lowest BCUT2D eigenvalue weighted by Crippen LogP contribution is -2.55. The number of allylic oxidation sites excluding steroid dienone is 1. The van der Waals surface area contributed by atoms with Crippen LogP contribution in [0.1, 0.15) is 52.4 Å². The summed E-state index contributed by atoms with van der Waals surface area (Å²) < 4.78 is 0. The molecule has 2 N–H and O–H groups in total. The number of fused-ring (bicyclic) bond motifs is 3. The van der Waals surface area contributed by atoms with Crippen molar-refractivity contribution in [3.63, 3.8) is 0 Å². The van der Waals surface area contributed by atoms with Crippen molar-refractivity contribution < 1.29 is 15.0 Å². The molecule has 0 aliphatic heterocycles. The Kier molecular flexibility index (Phi) is 3.33. The van der Waals surface area contributed by atoms with E-state index in [-0.39, 0.29) is 23.2 Å². The molecule has 5 atom stereocenters. The van der Waals surface area contributed by atoms with Crippen LogP contribution < -0.4 is 0 Å². The number of aliphatic hydroxyl groups excluding tert-OH is 2. The van der Waals surface area contributed by atoms with Crippen LogP contribution in [0.5, 0.6) is 0 Å². The van der Waals surface area contributed by atoms with E-state index in [0.717, 1.165) is 31.3 Å². The molecule has 112 valence electrons. The van der Waals surface area contributed by atoms with Crippen LogP contribution in [0, 0.1) is 22.7 Å². The van der Waals surface area contributed by atoms with Gasteiger partial charge in [-0.2, -0.15) is 0 Å². The van der Waals surface area contributed by atoms with Crippen molar-refractivity contribution >= 4 is 5.78 Å². The molecule has 0 spiro atoms. The van der Waals surface area contributed by atoms with Gasteiger partial charge in [-0.3, -0.25) is 4.79 Å². The average molecular weight is 278 g/mol. The van der Waals surface area contributed by atoms with Crippen molar-refractivity contribution in [2.75, 3.05) is 6.61 Å². The minimum absolute atomic E-state index is 0.0824. The Hall–Kier alpha value is -0.670. The summed E-state index contributed by atoms with van der Waals surface area (Å²) in [5.41, 5.74) is 1.02. The molecule has 20 heavy (non-hydrogen) atoms. The van der Waals surface area contributed by atoms with E-state index in [9.17, 15) is 15.0 Å². The first-order valence-electron chi connectivity index (χ1n) is 7.94. The lowest BCUT2D eigenvalue weighted by molar-refractivity contribution is -0.123. The van der Waals surface area contributed by atoms with Crippen molar-refractivity contribution in [3.05, 3.63) is 11.6 Å². The van der Waals surface area contributed by atoms with Crippen LogP contribution in [-0.4, -0.2) is 28.7 Å². The molecule has 0 aromatic heterocycles. The molecule has 0 radical (unpaired) electrons. The minimum atomic E-state index is -0.494. The molecule has 3 aliphatic carbocycles. The summed E-state index contributed by atoms with van der Waals surface area (Å²) in [5.74, 6) is 0.831. The predicted molar refractivity (Wildman–Crippen MR) is 77.1 cm³/mol. The molecule has 2 saturated carbocycles. The Bertz CT molecular complexity index is 455. The van der Waals surface area contributed by atoms with E-state index in [1.807, 2.05) is 0 Å². The number of rotatable bonds is 1. The van der Waals surface area contributed by atoms with Crippen molar-refractivity contribution in [1.29, 1.82) is 0 Å². The van der Waals surface area contributed by atoms with Gasteiger partial charge in [-0.05, 0) is 60.0 Å². The smallest absolute Gasteiger partial charge is 0.155 e. The van der Waals surface area contributed by atoms with Crippen LogP contribution >= 0.6 is 0 Å². The van der Waals surface area contributed by atoms with Gasteiger partial charge in [-0.25, -0.2) is 0 Å². The molecule has 0 heterocycles. The van der Waals surface area contributed by atoms with Crippen molar-refractivity contribution in [2.24, 2.45) is 22.7 Å². The quantitative estimate of drug-likeness (QED) is 0.774. The van der Waals surface area contributed by atoms with Gasteiger partial charge >= 0.3 is 0 Å². The van der Waals surface area contributed by atoms with E-state index in [0.29, 0.717) is 24.7 Å². The number of hydrogen-bond donors (Lipinski definition) is 2. The molecule has 3 aliphatic rings. The summed E-state index contributed by atoms with van der Waals surface area (Å²) in [6, 6.07) is 0. The largest absolute Gasteiger partial charge is 0.396 e. The van der Waals surface area contributed by atoms with E-state index < -0.39 is 6.10 Å². The van der Waals surface area contributed by atoms with Gasteiger partial charge in [0, 0.05) is 13.0 Å². The first-order chi connectivity index (χ1) is 9.40. The molecular formula is C17H26O3. The second kappa shape index (κ2) is 4.67. The van der Waals surface area contributed by atoms with E-state index in [1.54, 1.807) is 6.08 Å². The minimum Gasteiger partial charge on any atom is -0.396 e. The number of ketones is 1. The van der Waals surface area contributed by atoms with Crippen LogP contribution in [0.25, 0.3) is 0 Å². The van der Waals surface area contributed by atoms with Crippen LogP contribution in [0.4, 0.5) is 0 Å². The predicted octanol–water partition coefficient (Wildman–Crippen LogP) is 2.46. The maximum absolute atomic E-state index is 11.7. The van der Waals surface area contributed by atoms with Gasteiger partial charge < -0.3 is 10.2 Å². The van der Waals surface area contributed by atoms with Crippen LogP contribution in [0.2, 0.25) is 0 Å². The van der Waals surface area contributed by atoms with Crippen LogP contribution in [0.15, 0.2) is 11.6 Å². The summed E-state index contributed by atoms with van der Waals surface area (Å²) in [5, 5.41) is 20.4. The Morgan fingerprint density at radius 1 is 1.35 bits per heavy atom. The summed E-state index contributed by atoms with van der Waals surface area (Å²) >= 11 is 0. The lowest BCUT2D eigenvalue weighted by atomic mass is 9.45. The number of aliphatic hydroxyl groups is 2. The highest BCUT2D eigenvalue weighted by atomic mass is 16.3. The third-order valence-electron chi connectivity index (χ3n) is 6.51. The Labute approximate surface area is 121 Å². The third kappa shape index (κ3) is 1.90. The standard InChI is InChI=1S/C17H26O3/c1-16(10-18)6-3-7-17(2)13-5-4-11(19)8-12(13)14(20)9-15(16)17/h8,13-15,18,20H,3-7,9-10H2,1-2H3/t13?,14-,15+,16+,17-/m1/s1. The van der Waals surface area contributed by atoms with E-state index in [2.05, 4.69) is 13.8 Å². The second-order valence-electron chi connectivity index (χ2n) is 7.68. The van der Waals surface area contributed by atoms with Gasteiger partial charge in [0.15, 0.2) is 5.78 Å². The molecule has 0 bridgehead atoms. The number of hydrogen-bond acceptors (Lipinski definition) is 3. The molecule has 0 amide bonds. The first-order valence-corrected chi connectivity index (χ1v) is 7.94. The highest BCUT2D eigenvalue weighted by Gasteiger charge is 2.57. The van der Waals surface area contributed by atoms with E-state index in [1.165, 1.54) is 0 Å². The highest BCUT2D eigenvalue weighted by Crippen LogP contribution is 2.62.